The van der Waals surface area contributed by atoms with Gasteiger partial charge < -0.3 is 10.2 Å². The molecule has 0 aliphatic carbocycles. The molecule has 1 heterocycles. The molecule has 1 saturated heterocycles. The van der Waals surface area contributed by atoms with Crippen LogP contribution in [0.5, 0.6) is 0 Å². The molecule has 4 nitrogen and oxygen atoms in total. The molecule has 0 aromatic carbocycles. The molecule has 0 atom stereocenters. The predicted molar refractivity (Wildman–Crippen MR) is 55.8 cm³/mol. The molecule has 0 bridgehead atoms. The molecule has 4 heteroatoms. The molecular formula is C9H18N4. The first-order valence-corrected chi connectivity index (χ1v) is 4.60. The van der Waals surface area contributed by atoms with Crippen LogP contribution < -0.4 is 5.32 Å². The van der Waals surface area contributed by atoms with Gasteiger partial charge in [0.1, 0.15) is 11.4 Å². The Morgan fingerprint density at radius 1 is 1.46 bits per heavy atom. The topological polar surface area (TPSA) is 51.5 Å². The summed E-state index contributed by atoms with van der Waals surface area (Å²) in [5, 5.41) is 11.2. The summed E-state index contributed by atoms with van der Waals surface area (Å²) in [6.07, 6.45) is 0. The van der Waals surface area contributed by atoms with Crippen LogP contribution >= 0.6 is 0 Å². The average molecular weight is 182 g/mol. The van der Waals surface area contributed by atoms with Gasteiger partial charge in [0.25, 0.3) is 0 Å². The summed E-state index contributed by atoms with van der Waals surface area (Å²) >= 11 is 0. The van der Waals surface area contributed by atoms with E-state index in [-0.39, 0.29) is 0 Å². The first-order chi connectivity index (χ1) is 6.08. The normalized spacial score (nSPS) is 18.5. The zero-order valence-corrected chi connectivity index (χ0v) is 8.43. The molecule has 13 heavy (non-hydrogen) atoms. The Labute approximate surface area is 79.5 Å². The van der Waals surface area contributed by atoms with Crippen molar-refractivity contribution in [3.63, 3.8) is 0 Å². The summed E-state index contributed by atoms with van der Waals surface area (Å²) in [4.78, 5) is 6.02. The molecule has 0 saturated carbocycles. The molecule has 74 valence electrons. The molecule has 0 amide bonds. The molecule has 1 aliphatic rings. The van der Waals surface area contributed by atoms with Crippen molar-refractivity contribution in [3.05, 3.63) is 0 Å². The lowest BCUT2D eigenvalue weighted by molar-refractivity contribution is 0.336. The van der Waals surface area contributed by atoms with E-state index in [0.717, 1.165) is 26.2 Å². The van der Waals surface area contributed by atoms with E-state index >= 15 is 0 Å². The molecule has 0 unspecified atom stereocenters. The third kappa shape index (κ3) is 2.28. The summed E-state index contributed by atoms with van der Waals surface area (Å²) in [6, 6.07) is 0. The smallest absolute Gasteiger partial charge is 0.124 e. The number of piperazine rings is 1. The lowest BCUT2D eigenvalue weighted by Gasteiger charge is -2.35. The van der Waals surface area contributed by atoms with E-state index < -0.39 is 5.54 Å². The lowest BCUT2D eigenvalue weighted by Crippen LogP contribution is -2.51. The number of hydrogen-bond donors (Lipinski definition) is 2. The Bertz CT molecular complexity index is 204. The molecular weight excluding hydrogens is 164 g/mol. The standard InChI is InChI=1S/C9H18N4/c1-9(2,11-3)8(10)13-6-4-12-5-7-13/h10,12H,3-7H2,1-2H3. The molecule has 2 N–H and O–H groups in total. The molecule has 0 aromatic rings. The van der Waals surface area contributed by atoms with Gasteiger partial charge in [-0.05, 0) is 20.6 Å². The Morgan fingerprint density at radius 2 is 2.00 bits per heavy atom. The molecule has 1 rings (SSSR count). The second-order valence-electron chi connectivity index (χ2n) is 3.80. The minimum absolute atomic E-state index is 0.447. The van der Waals surface area contributed by atoms with Crippen molar-refractivity contribution in [2.45, 2.75) is 19.4 Å². The van der Waals surface area contributed by atoms with Crippen molar-refractivity contribution in [1.29, 1.82) is 5.41 Å². The average Bonchev–Trinajstić information content (AvgIpc) is 2.18. The second kappa shape index (κ2) is 3.87. The number of hydrogen-bond acceptors (Lipinski definition) is 3. The fourth-order valence-corrected chi connectivity index (χ4v) is 1.35. The third-order valence-corrected chi connectivity index (χ3v) is 2.41. The van der Waals surface area contributed by atoms with Crippen LogP contribution in [-0.2, 0) is 0 Å². The highest BCUT2D eigenvalue weighted by molar-refractivity contribution is 5.88. The van der Waals surface area contributed by atoms with Gasteiger partial charge in [0.2, 0.25) is 0 Å². The number of nitrogens with one attached hydrogen (secondary N) is 2. The van der Waals surface area contributed by atoms with Gasteiger partial charge >= 0.3 is 0 Å². The fourth-order valence-electron chi connectivity index (χ4n) is 1.35. The van der Waals surface area contributed by atoms with Crippen LogP contribution in [0.25, 0.3) is 0 Å². The van der Waals surface area contributed by atoms with Gasteiger partial charge in [0.15, 0.2) is 0 Å². The second-order valence-corrected chi connectivity index (χ2v) is 3.80. The molecule has 1 fully saturated rings. The number of amidine groups is 1. The molecule has 0 spiro atoms. The zero-order valence-electron chi connectivity index (χ0n) is 8.43. The summed E-state index contributed by atoms with van der Waals surface area (Å²) in [5.41, 5.74) is -0.447. The van der Waals surface area contributed by atoms with Crippen molar-refractivity contribution in [1.82, 2.24) is 10.2 Å². The van der Waals surface area contributed by atoms with Crippen LogP contribution in [0.1, 0.15) is 13.8 Å². The SMILES string of the molecule is C=NC(C)(C)C(=N)N1CCNCC1. The first-order valence-electron chi connectivity index (χ1n) is 4.60. The van der Waals surface area contributed by atoms with Crippen molar-refractivity contribution in [2.75, 3.05) is 26.2 Å². The van der Waals surface area contributed by atoms with E-state index in [9.17, 15) is 0 Å². The Kier molecular flexibility index (Phi) is 3.03. The van der Waals surface area contributed by atoms with Gasteiger partial charge in [-0.2, -0.15) is 0 Å². The highest BCUT2D eigenvalue weighted by Gasteiger charge is 2.27. The minimum Gasteiger partial charge on any atom is -0.356 e. The lowest BCUT2D eigenvalue weighted by atomic mass is 10.0. The van der Waals surface area contributed by atoms with Crippen molar-refractivity contribution >= 4 is 12.6 Å². The quantitative estimate of drug-likeness (QED) is 0.478. The summed E-state index contributed by atoms with van der Waals surface area (Å²) in [7, 11) is 0. The van der Waals surface area contributed by atoms with Gasteiger partial charge in [0.05, 0.1) is 0 Å². The maximum atomic E-state index is 7.95. The van der Waals surface area contributed by atoms with E-state index in [2.05, 4.69) is 21.9 Å². The van der Waals surface area contributed by atoms with Crippen molar-refractivity contribution < 1.29 is 0 Å². The summed E-state index contributed by atoms with van der Waals surface area (Å²) in [5.74, 6) is 0.573. The van der Waals surface area contributed by atoms with Crippen LogP contribution in [0, 0.1) is 5.41 Å². The van der Waals surface area contributed by atoms with Gasteiger partial charge in [-0.15, -0.1) is 0 Å². The van der Waals surface area contributed by atoms with Crippen molar-refractivity contribution in [2.24, 2.45) is 4.99 Å². The Hall–Kier alpha value is -0.900. The van der Waals surface area contributed by atoms with Crippen LogP contribution in [0.2, 0.25) is 0 Å². The Balaban J connectivity index is 2.60. The van der Waals surface area contributed by atoms with Crippen LogP contribution in [0.4, 0.5) is 0 Å². The molecule has 1 aliphatic heterocycles. The van der Waals surface area contributed by atoms with E-state index in [1.165, 1.54) is 0 Å². The van der Waals surface area contributed by atoms with Gasteiger partial charge in [-0.1, -0.05) is 0 Å². The van der Waals surface area contributed by atoms with Crippen molar-refractivity contribution in [3.8, 4) is 0 Å². The fraction of sp³-hybridized carbons (Fsp3) is 0.778. The Morgan fingerprint density at radius 3 is 2.46 bits per heavy atom. The monoisotopic (exact) mass is 182 g/mol. The van der Waals surface area contributed by atoms with E-state index in [1.54, 1.807) is 0 Å². The van der Waals surface area contributed by atoms with Gasteiger partial charge in [0, 0.05) is 26.2 Å². The highest BCUT2D eigenvalue weighted by atomic mass is 15.2. The molecule has 0 radical (unpaired) electrons. The number of nitrogens with zero attached hydrogens (tertiary/aromatic N) is 2. The minimum atomic E-state index is -0.447. The number of aliphatic imine (C=N–C) groups is 1. The van der Waals surface area contributed by atoms with E-state index in [0.29, 0.717) is 5.84 Å². The van der Waals surface area contributed by atoms with Crippen LogP contribution in [0.15, 0.2) is 4.99 Å². The molecule has 0 aromatic heterocycles. The maximum Gasteiger partial charge on any atom is 0.124 e. The van der Waals surface area contributed by atoms with Crippen LogP contribution in [-0.4, -0.2) is 49.2 Å². The van der Waals surface area contributed by atoms with Gasteiger partial charge in [-0.25, -0.2) is 0 Å². The van der Waals surface area contributed by atoms with E-state index in [1.807, 2.05) is 13.8 Å². The largest absolute Gasteiger partial charge is 0.356 e. The maximum absolute atomic E-state index is 7.95. The predicted octanol–water partition coefficient (Wildman–Crippen LogP) is 0.348. The summed E-state index contributed by atoms with van der Waals surface area (Å²) < 4.78 is 0. The number of rotatable bonds is 2. The third-order valence-electron chi connectivity index (χ3n) is 2.41. The van der Waals surface area contributed by atoms with Gasteiger partial charge in [-0.3, -0.25) is 10.4 Å². The first kappa shape index (κ1) is 10.2. The zero-order chi connectivity index (χ0) is 9.90. The highest BCUT2D eigenvalue weighted by Crippen LogP contribution is 2.13. The summed E-state index contributed by atoms with van der Waals surface area (Å²) in [6.45, 7) is 11.1. The van der Waals surface area contributed by atoms with E-state index in [4.69, 9.17) is 5.41 Å². The van der Waals surface area contributed by atoms with Crippen LogP contribution in [0.3, 0.4) is 0 Å².